The van der Waals surface area contributed by atoms with Gasteiger partial charge in [0.05, 0.1) is 6.04 Å². The van der Waals surface area contributed by atoms with Gasteiger partial charge >= 0.3 is 0 Å². The number of piperazine rings is 1. The molecule has 0 saturated carbocycles. The molecular formula is C21H26ClN3O. The van der Waals surface area contributed by atoms with Gasteiger partial charge in [-0.15, -0.1) is 0 Å². The first-order chi connectivity index (χ1) is 12.5. The molecule has 0 unspecified atom stereocenters. The van der Waals surface area contributed by atoms with Gasteiger partial charge in [0.1, 0.15) is 0 Å². The van der Waals surface area contributed by atoms with Crippen LogP contribution in [0.2, 0.25) is 5.02 Å². The van der Waals surface area contributed by atoms with Crippen molar-refractivity contribution in [1.82, 2.24) is 9.80 Å². The van der Waals surface area contributed by atoms with E-state index in [1.165, 1.54) is 5.56 Å². The molecule has 5 heteroatoms. The summed E-state index contributed by atoms with van der Waals surface area (Å²) in [7, 11) is 0. The Labute approximate surface area is 160 Å². The Balaban J connectivity index is 1.52. The lowest BCUT2D eigenvalue weighted by molar-refractivity contribution is -0.121. The van der Waals surface area contributed by atoms with E-state index in [1.807, 2.05) is 32.0 Å². The molecule has 0 spiro atoms. The Morgan fingerprint density at radius 3 is 2.50 bits per heavy atom. The van der Waals surface area contributed by atoms with Crippen LogP contribution in [-0.2, 0) is 11.3 Å². The summed E-state index contributed by atoms with van der Waals surface area (Å²) in [4.78, 5) is 17.3. The number of rotatable bonds is 5. The number of anilines is 1. The highest BCUT2D eigenvalue weighted by atomic mass is 35.5. The van der Waals surface area contributed by atoms with Gasteiger partial charge in [0.25, 0.3) is 0 Å². The number of nitrogens with one attached hydrogen (secondary N) is 1. The van der Waals surface area contributed by atoms with Crippen LogP contribution >= 0.6 is 11.6 Å². The third-order valence-electron chi connectivity index (χ3n) is 5.04. The molecular weight excluding hydrogens is 346 g/mol. The normalized spacial score (nSPS) is 17.0. The summed E-state index contributed by atoms with van der Waals surface area (Å²) < 4.78 is 0. The number of aryl methyl sites for hydroxylation is 1. The second kappa shape index (κ2) is 8.67. The van der Waals surface area contributed by atoms with Crippen LogP contribution in [0.25, 0.3) is 0 Å². The van der Waals surface area contributed by atoms with Crippen LogP contribution < -0.4 is 5.32 Å². The number of benzene rings is 2. The van der Waals surface area contributed by atoms with E-state index in [9.17, 15) is 4.79 Å². The van der Waals surface area contributed by atoms with E-state index in [2.05, 4.69) is 39.4 Å². The maximum Gasteiger partial charge on any atom is 0.241 e. The first-order valence-electron chi connectivity index (χ1n) is 9.10. The van der Waals surface area contributed by atoms with Crippen molar-refractivity contribution < 1.29 is 4.79 Å². The minimum atomic E-state index is -0.160. The van der Waals surface area contributed by atoms with E-state index in [4.69, 9.17) is 11.6 Å². The largest absolute Gasteiger partial charge is 0.324 e. The quantitative estimate of drug-likeness (QED) is 0.868. The van der Waals surface area contributed by atoms with Crippen molar-refractivity contribution in [3.63, 3.8) is 0 Å². The van der Waals surface area contributed by atoms with Crippen LogP contribution in [0.3, 0.4) is 0 Å². The third-order valence-corrected chi connectivity index (χ3v) is 5.28. The predicted octanol–water partition coefficient (Wildman–Crippen LogP) is 3.79. The molecule has 2 aromatic carbocycles. The summed E-state index contributed by atoms with van der Waals surface area (Å²) in [6.45, 7) is 8.66. The SMILES string of the molecule is Cc1ccc(Cl)cc1NC(=O)[C@H](C)N1CCN(Cc2ccccc2)CC1. The first kappa shape index (κ1) is 18.9. The summed E-state index contributed by atoms with van der Waals surface area (Å²) >= 11 is 6.04. The molecule has 1 aliphatic heterocycles. The van der Waals surface area contributed by atoms with Crippen molar-refractivity contribution in [2.45, 2.75) is 26.4 Å². The molecule has 1 aliphatic rings. The molecule has 1 saturated heterocycles. The molecule has 0 bridgehead atoms. The van der Waals surface area contributed by atoms with Crippen molar-refractivity contribution in [3.05, 3.63) is 64.7 Å². The summed E-state index contributed by atoms with van der Waals surface area (Å²) in [6, 6.07) is 15.9. The fourth-order valence-electron chi connectivity index (χ4n) is 3.28. The van der Waals surface area contributed by atoms with Crippen molar-refractivity contribution in [1.29, 1.82) is 0 Å². The fraction of sp³-hybridized carbons (Fsp3) is 0.381. The zero-order chi connectivity index (χ0) is 18.5. The highest BCUT2D eigenvalue weighted by molar-refractivity contribution is 6.31. The predicted molar refractivity (Wildman–Crippen MR) is 108 cm³/mol. The summed E-state index contributed by atoms with van der Waals surface area (Å²) in [5.41, 5.74) is 3.14. The lowest BCUT2D eigenvalue weighted by Gasteiger charge is -2.37. The highest BCUT2D eigenvalue weighted by Gasteiger charge is 2.25. The Kier molecular flexibility index (Phi) is 6.30. The Morgan fingerprint density at radius 1 is 1.12 bits per heavy atom. The highest BCUT2D eigenvalue weighted by Crippen LogP contribution is 2.21. The Hall–Kier alpha value is -1.88. The van der Waals surface area contributed by atoms with Crippen LogP contribution in [0.5, 0.6) is 0 Å². The number of hydrogen-bond acceptors (Lipinski definition) is 3. The third kappa shape index (κ3) is 4.85. The van der Waals surface area contributed by atoms with Gasteiger partial charge in [-0.05, 0) is 37.1 Å². The van der Waals surface area contributed by atoms with Crippen LogP contribution in [-0.4, -0.2) is 47.9 Å². The van der Waals surface area contributed by atoms with Crippen LogP contribution in [0, 0.1) is 6.92 Å². The number of carbonyl (C=O) groups excluding carboxylic acids is 1. The molecule has 1 fully saturated rings. The number of amides is 1. The molecule has 1 amide bonds. The molecule has 1 heterocycles. The molecule has 1 N–H and O–H groups in total. The summed E-state index contributed by atoms with van der Waals surface area (Å²) in [5.74, 6) is 0.0203. The van der Waals surface area contributed by atoms with E-state index >= 15 is 0 Å². The lowest BCUT2D eigenvalue weighted by Crippen LogP contribution is -2.52. The fourth-order valence-corrected chi connectivity index (χ4v) is 3.45. The lowest BCUT2D eigenvalue weighted by atomic mass is 10.1. The van der Waals surface area contributed by atoms with E-state index in [-0.39, 0.29) is 11.9 Å². The van der Waals surface area contributed by atoms with E-state index in [1.54, 1.807) is 6.07 Å². The van der Waals surface area contributed by atoms with E-state index in [0.717, 1.165) is 44.0 Å². The maximum atomic E-state index is 12.6. The summed E-state index contributed by atoms with van der Waals surface area (Å²) in [5, 5.41) is 3.65. The van der Waals surface area contributed by atoms with Gasteiger partial charge in [-0.3, -0.25) is 14.6 Å². The number of halogens is 1. The van der Waals surface area contributed by atoms with Crippen molar-refractivity contribution in [2.24, 2.45) is 0 Å². The number of nitrogens with zero attached hydrogens (tertiary/aromatic N) is 2. The van der Waals surface area contributed by atoms with Gasteiger partial charge in [-0.2, -0.15) is 0 Å². The molecule has 0 radical (unpaired) electrons. The minimum Gasteiger partial charge on any atom is -0.324 e. The monoisotopic (exact) mass is 371 g/mol. The Morgan fingerprint density at radius 2 is 1.81 bits per heavy atom. The zero-order valence-corrected chi connectivity index (χ0v) is 16.2. The van der Waals surface area contributed by atoms with Crippen molar-refractivity contribution in [3.8, 4) is 0 Å². The maximum absolute atomic E-state index is 12.6. The van der Waals surface area contributed by atoms with Gasteiger partial charge in [0.15, 0.2) is 0 Å². The van der Waals surface area contributed by atoms with Gasteiger partial charge in [-0.25, -0.2) is 0 Å². The first-order valence-corrected chi connectivity index (χ1v) is 9.48. The Bertz CT molecular complexity index is 742. The van der Waals surface area contributed by atoms with E-state index < -0.39 is 0 Å². The molecule has 0 aliphatic carbocycles. The van der Waals surface area contributed by atoms with Gasteiger partial charge in [0.2, 0.25) is 5.91 Å². The molecule has 4 nitrogen and oxygen atoms in total. The molecule has 138 valence electrons. The average molecular weight is 372 g/mol. The van der Waals surface area contributed by atoms with Crippen LogP contribution in [0.1, 0.15) is 18.1 Å². The minimum absolute atomic E-state index is 0.0203. The van der Waals surface area contributed by atoms with Gasteiger partial charge < -0.3 is 5.32 Å². The molecule has 0 aromatic heterocycles. The smallest absolute Gasteiger partial charge is 0.241 e. The number of carbonyl (C=O) groups is 1. The topological polar surface area (TPSA) is 35.6 Å². The second-order valence-corrected chi connectivity index (χ2v) is 7.36. The molecule has 3 rings (SSSR count). The van der Waals surface area contributed by atoms with Crippen LogP contribution in [0.4, 0.5) is 5.69 Å². The zero-order valence-electron chi connectivity index (χ0n) is 15.4. The summed E-state index contributed by atoms with van der Waals surface area (Å²) in [6.07, 6.45) is 0. The average Bonchev–Trinajstić information content (AvgIpc) is 2.65. The van der Waals surface area contributed by atoms with Gasteiger partial charge in [-0.1, -0.05) is 48.0 Å². The van der Waals surface area contributed by atoms with E-state index in [0.29, 0.717) is 5.02 Å². The standard InChI is InChI=1S/C21H26ClN3O/c1-16-8-9-19(22)14-20(16)23-21(26)17(2)25-12-10-24(11-13-25)15-18-6-4-3-5-7-18/h3-9,14,17H,10-13,15H2,1-2H3,(H,23,26)/t17-/m0/s1. The molecule has 2 aromatic rings. The molecule has 26 heavy (non-hydrogen) atoms. The van der Waals surface area contributed by atoms with Crippen molar-refractivity contribution >= 4 is 23.2 Å². The van der Waals surface area contributed by atoms with Gasteiger partial charge in [0, 0.05) is 43.4 Å². The number of hydrogen-bond donors (Lipinski definition) is 1. The molecule has 1 atom stereocenters. The van der Waals surface area contributed by atoms with Crippen molar-refractivity contribution in [2.75, 3.05) is 31.5 Å². The van der Waals surface area contributed by atoms with Crippen LogP contribution in [0.15, 0.2) is 48.5 Å². The second-order valence-electron chi connectivity index (χ2n) is 6.92.